The van der Waals surface area contributed by atoms with Crippen LogP contribution >= 0.6 is 23.1 Å². The Morgan fingerprint density at radius 3 is 2.33 bits per heavy atom. The highest BCUT2D eigenvalue weighted by Gasteiger charge is 2.22. The van der Waals surface area contributed by atoms with E-state index in [-0.39, 0.29) is 16.9 Å². The third-order valence-electron chi connectivity index (χ3n) is 3.35. The minimum atomic E-state index is -0.453. The van der Waals surface area contributed by atoms with E-state index >= 15 is 0 Å². The van der Waals surface area contributed by atoms with Crippen LogP contribution in [0.4, 0.5) is 5.69 Å². The second-order valence-corrected chi connectivity index (χ2v) is 9.11. The van der Waals surface area contributed by atoms with Crippen molar-refractivity contribution in [1.29, 1.82) is 0 Å². The molecule has 1 N–H and O–H groups in total. The van der Waals surface area contributed by atoms with Crippen LogP contribution in [-0.4, -0.2) is 21.9 Å². The molecule has 0 saturated heterocycles. The van der Waals surface area contributed by atoms with Crippen molar-refractivity contribution in [2.45, 2.75) is 44.2 Å². The smallest absolute Gasteiger partial charge is 0.229 e. The number of hydrogen-bond donors (Lipinski definition) is 1. The highest BCUT2D eigenvalue weighted by atomic mass is 32.2. The fourth-order valence-electron chi connectivity index (χ4n) is 1.86. The van der Waals surface area contributed by atoms with Gasteiger partial charge in [-0.15, -0.1) is 11.3 Å². The second kappa shape index (κ2) is 7.49. The Bertz CT molecular complexity index is 730. The van der Waals surface area contributed by atoms with Gasteiger partial charge in [-0.05, 0) is 38.1 Å². The van der Waals surface area contributed by atoms with E-state index in [1.807, 2.05) is 40.0 Å². The number of thiazole rings is 1. The number of benzene rings is 1. The van der Waals surface area contributed by atoms with Crippen molar-refractivity contribution in [3.05, 3.63) is 40.9 Å². The van der Waals surface area contributed by atoms with Crippen molar-refractivity contribution in [3.63, 3.8) is 0 Å². The molecule has 0 bridgehead atoms. The van der Waals surface area contributed by atoms with E-state index in [4.69, 9.17) is 0 Å². The molecule has 1 amide bonds. The molecule has 0 aliphatic carbocycles. The maximum atomic E-state index is 12.5. The molecule has 0 aliphatic heterocycles. The molecule has 6 heteroatoms. The van der Waals surface area contributed by atoms with Crippen molar-refractivity contribution in [2.75, 3.05) is 5.32 Å². The summed E-state index contributed by atoms with van der Waals surface area (Å²) in [7, 11) is 0. The van der Waals surface area contributed by atoms with Gasteiger partial charge in [0.1, 0.15) is 0 Å². The average Bonchev–Trinajstić information content (AvgIpc) is 2.91. The molecule has 4 nitrogen and oxygen atoms in total. The quantitative estimate of drug-likeness (QED) is 0.613. The summed E-state index contributed by atoms with van der Waals surface area (Å²) in [5.41, 5.74) is 1.85. The maximum Gasteiger partial charge on any atom is 0.229 e. The molecule has 128 valence electrons. The average molecular weight is 363 g/mol. The summed E-state index contributed by atoms with van der Waals surface area (Å²) in [6.45, 7) is 9.41. The van der Waals surface area contributed by atoms with Crippen molar-refractivity contribution in [3.8, 4) is 0 Å². The fourth-order valence-corrected chi connectivity index (χ4v) is 3.93. The molecule has 1 aromatic carbocycles. The highest BCUT2D eigenvalue weighted by Crippen LogP contribution is 2.28. The number of hydrogen-bond acceptors (Lipinski definition) is 5. The van der Waals surface area contributed by atoms with E-state index in [2.05, 4.69) is 10.3 Å². The van der Waals surface area contributed by atoms with E-state index in [9.17, 15) is 9.59 Å². The maximum absolute atomic E-state index is 12.5. The number of Topliss-reactive ketones (excluding diaryl/α,β-unsaturated/α-hetero) is 1. The van der Waals surface area contributed by atoms with Crippen LogP contribution in [0.5, 0.6) is 0 Å². The van der Waals surface area contributed by atoms with Gasteiger partial charge in [0, 0.05) is 27.7 Å². The number of amides is 1. The number of nitrogens with one attached hydrogen (secondary N) is 1. The van der Waals surface area contributed by atoms with Gasteiger partial charge in [-0.3, -0.25) is 9.59 Å². The molecule has 1 atom stereocenters. The Labute approximate surface area is 151 Å². The zero-order chi connectivity index (χ0) is 17.9. The number of rotatable bonds is 5. The summed E-state index contributed by atoms with van der Waals surface area (Å²) in [6.07, 6.45) is 0. The minimum Gasteiger partial charge on any atom is -0.326 e. The molecular formula is C18H22N2O2S2. The molecule has 1 aromatic heterocycles. The van der Waals surface area contributed by atoms with Crippen molar-refractivity contribution in [1.82, 2.24) is 4.98 Å². The van der Waals surface area contributed by atoms with Gasteiger partial charge in [0.05, 0.1) is 5.25 Å². The summed E-state index contributed by atoms with van der Waals surface area (Å²) >= 11 is 3.03. The van der Waals surface area contributed by atoms with Gasteiger partial charge in [-0.1, -0.05) is 32.5 Å². The summed E-state index contributed by atoms with van der Waals surface area (Å²) in [5, 5.41) is 4.63. The third-order valence-corrected chi connectivity index (χ3v) is 5.54. The monoisotopic (exact) mass is 362 g/mol. The van der Waals surface area contributed by atoms with Crippen molar-refractivity contribution < 1.29 is 9.59 Å². The topological polar surface area (TPSA) is 59.1 Å². The normalized spacial score (nSPS) is 12.7. The van der Waals surface area contributed by atoms with E-state index < -0.39 is 5.41 Å². The van der Waals surface area contributed by atoms with E-state index in [1.54, 1.807) is 35.6 Å². The predicted octanol–water partition coefficient (Wildman–Crippen LogP) is 4.80. The van der Waals surface area contributed by atoms with Gasteiger partial charge in [0.25, 0.3) is 0 Å². The van der Waals surface area contributed by atoms with Crippen molar-refractivity contribution >= 4 is 40.5 Å². The molecule has 0 radical (unpaired) electrons. The number of anilines is 1. The summed E-state index contributed by atoms with van der Waals surface area (Å²) in [4.78, 5) is 28.9. The van der Waals surface area contributed by atoms with Crippen LogP contribution < -0.4 is 5.32 Å². The van der Waals surface area contributed by atoms with Gasteiger partial charge >= 0.3 is 0 Å². The zero-order valence-electron chi connectivity index (χ0n) is 14.5. The Hall–Kier alpha value is -1.66. The van der Waals surface area contributed by atoms with Gasteiger partial charge in [0.15, 0.2) is 10.1 Å². The minimum absolute atomic E-state index is 0.0513. The molecule has 2 rings (SSSR count). The van der Waals surface area contributed by atoms with E-state index in [1.165, 1.54) is 11.8 Å². The Morgan fingerprint density at radius 2 is 1.83 bits per heavy atom. The molecule has 0 spiro atoms. The van der Waals surface area contributed by atoms with Crippen LogP contribution in [0, 0.1) is 12.3 Å². The summed E-state index contributed by atoms with van der Waals surface area (Å²) in [5.74, 6) is 0.00573. The molecule has 2 aromatic rings. The summed E-state index contributed by atoms with van der Waals surface area (Å²) < 4.78 is 0.905. The van der Waals surface area contributed by atoms with Gasteiger partial charge in [-0.2, -0.15) is 0 Å². The first-order valence-corrected chi connectivity index (χ1v) is 9.47. The van der Waals surface area contributed by atoms with Crippen molar-refractivity contribution in [2.24, 2.45) is 5.41 Å². The van der Waals surface area contributed by atoms with E-state index in [0.717, 1.165) is 10.0 Å². The first kappa shape index (κ1) is 18.7. The lowest BCUT2D eigenvalue weighted by molar-refractivity contribution is -0.123. The fraction of sp³-hybridized carbons (Fsp3) is 0.389. The lowest BCUT2D eigenvalue weighted by Crippen LogP contribution is -2.27. The Morgan fingerprint density at radius 1 is 1.21 bits per heavy atom. The first-order valence-electron chi connectivity index (χ1n) is 7.71. The Kier molecular flexibility index (Phi) is 5.83. The highest BCUT2D eigenvalue weighted by molar-refractivity contribution is 8.02. The number of aryl methyl sites for hydroxylation is 1. The SMILES string of the molecule is Cc1csc(SC(C)C(=O)c2ccc(NC(=O)C(C)(C)C)cc2)n1. The predicted molar refractivity (Wildman–Crippen MR) is 101 cm³/mol. The van der Waals surface area contributed by atoms with Crippen LogP contribution in [-0.2, 0) is 4.79 Å². The number of carbonyl (C=O) groups is 2. The van der Waals surface area contributed by atoms with Crippen LogP contribution in [0.15, 0.2) is 34.0 Å². The van der Waals surface area contributed by atoms with Crippen LogP contribution in [0.3, 0.4) is 0 Å². The number of aromatic nitrogens is 1. The number of ketones is 1. The largest absolute Gasteiger partial charge is 0.326 e. The molecule has 24 heavy (non-hydrogen) atoms. The number of thioether (sulfide) groups is 1. The molecular weight excluding hydrogens is 340 g/mol. The lowest BCUT2D eigenvalue weighted by atomic mass is 9.95. The van der Waals surface area contributed by atoms with Gasteiger partial charge in [0.2, 0.25) is 5.91 Å². The molecule has 0 fully saturated rings. The standard InChI is InChI=1S/C18H22N2O2S2/c1-11-10-23-17(19-11)24-12(2)15(21)13-6-8-14(9-7-13)20-16(22)18(3,4)5/h6-10,12H,1-5H3,(H,20,22). The number of nitrogens with zero attached hydrogens (tertiary/aromatic N) is 1. The third kappa shape index (κ3) is 4.92. The molecule has 1 heterocycles. The number of carbonyl (C=O) groups excluding carboxylic acids is 2. The van der Waals surface area contributed by atoms with Crippen LogP contribution in [0.1, 0.15) is 43.7 Å². The van der Waals surface area contributed by atoms with Gasteiger partial charge in [-0.25, -0.2) is 4.98 Å². The van der Waals surface area contributed by atoms with Crippen LogP contribution in [0.2, 0.25) is 0 Å². The Balaban J connectivity index is 2.01. The van der Waals surface area contributed by atoms with Crippen LogP contribution in [0.25, 0.3) is 0 Å². The molecule has 0 aliphatic rings. The zero-order valence-corrected chi connectivity index (χ0v) is 16.2. The van der Waals surface area contributed by atoms with E-state index in [0.29, 0.717) is 11.3 Å². The summed E-state index contributed by atoms with van der Waals surface area (Å²) in [6, 6.07) is 7.04. The molecule has 1 unspecified atom stereocenters. The molecule has 0 saturated carbocycles. The second-order valence-electron chi connectivity index (χ2n) is 6.66. The van der Waals surface area contributed by atoms with Gasteiger partial charge < -0.3 is 5.32 Å². The lowest BCUT2D eigenvalue weighted by Gasteiger charge is -2.17. The first-order chi connectivity index (χ1) is 11.2.